The monoisotopic (exact) mass is 369 g/mol. The van der Waals surface area contributed by atoms with Crippen molar-refractivity contribution in [2.75, 3.05) is 5.32 Å². The zero-order valence-corrected chi connectivity index (χ0v) is 15.7. The van der Waals surface area contributed by atoms with Crippen LogP contribution in [0, 0.1) is 0 Å². The number of nitrogens with one attached hydrogen (secondary N) is 2. The van der Waals surface area contributed by atoms with Crippen molar-refractivity contribution in [3.63, 3.8) is 0 Å². The van der Waals surface area contributed by atoms with Gasteiger partial charge in [0.25, 0.3) is 0 Å². The van der Waals surface area contributed by atoms with E-state index in [-0.39, 0.29) is 0 Å². The van der Waals surface area contributed by atoms with Crippen LogP contribution in [0.15, 0.2) is 73.1 Å². The molecule has 1 aliphatic rings. The summed E-state index contributed by atoms with van der Waals surface area (Å²) in [6, 6.07) is 20.4. The van der Waals surface area contributed by atoms with E-state index in [1.54, 1.807) is 6.20 Å². The highest BCUT2D eigenvalue weighted by atomic mass is 16.5. The number of hydrogen-bond acceptors (Lipinski definition) is 3. The van der Waals surface area contributed by atoms with Gasteiger partial charge in [0.2, 0.25) is 0 Å². The lowest BCUT2D eigenvalue weighted by atomic mass is 9.96. The number of rotatable bonds is 5. The average molecular weight is 369 g/mol. The predicted octanol–water partition coefficient (Wildman–Crippen LogP) is 6.76. The van der Waals surface area contributed by atoms with E-state index in [0.717, 1.165) is 28.5 Å². The van der Waals surface area contributed by atoms with Crippen LogP contribution in [0.3, 0.4) is 0 Å². The van der Waals surface area contributed by atoms with Crippen molar-refractivity contribution in [2.45, 2.75) is 31.6 Å². The topological polar surface area (TPSA) is 49.9 Å². The number of ether oxygens (including phenoxy) is 1. The number of H-pyrrole nitrogens is 1. The quantitative estimate of drug-likeness (QED) is 0.409. The van der Waals surface area contributed by atoms with E-state index in [2.05, 4.69) is 33.5 Å². The fourth-order valence-corrected chi connectivity index (χ4v) is 4.03. The molecule has 2 aromatic carbocycles. The van der Waals surface area contributed by atoms with Crippen LogP contribution in [-0.2, 0) is 0 Å². The van der Waals surface area contributed by atoms with Gasteiger partial charge in [0.1, 0.15) is 17.3 Å². The molecule has 0 radical (unpaired) electrons. The van der Waals surface area contributed by atoms with Crippen LogP contribution in [-0.4, -0.2) is 9.97 Å². The first-order valence-electron chi connectivity index (χ1n) is 9.92. The molecule has 0 unspecified atom stereocenters. The van der Waals surface area contributed by atoms with E-state index in [1.807, 2.05) is 48.7 Å². The molecule has 0 aliphatic heterocycles. The Morgan fingerprint density at radius 2 is 1.79 bits per heavy atom. The second kappa shape index (κ2) is 7.39. The largest absolute Gasteiger partial charge is 0.456 e. The Bertz CT molecular complexity index is 1060. The lowest BCUT2D eigenvalue weighted by molar-refractivity contribution is 0.480. The Kier molecular flexibility index (Phi) is 4.45. The molecule has 0 saturated heterocycles. The van der Waals surface area contributed by atoms with Crippen molar-refractivity contribution < 1.29 is 4.74 Å². The predicted molar refractivity (Wildman–Crippen MR) is 114 cm³/mol. The number of anilines is 2. The molecule has 2 heterocycles. The van der Waals surface area contributed by atoms with Gasteiger partial charge in [0.15, 0.2) is 0 Å². The van der Waals surface area contributed by atoms with Crippen LogP contribution in [0.25, 0.3) is 10.9 Å². The molecule has 0 spiro atoms. The third kappa shape index (κ3) is 3.46. The van der Waals surface area contributed by atoms with E-state index in [9.17, 15) is 0 Å². The number of pyridine rings is 1. The van der Waals surface area contributed by atoms with Gasteiger partial charge in [-0.25, -0.2) is 4.98 Å². The molecule has 28 heavy (non-hydrogen) atoms. The van der Waals surface area contributed by atoms with Crippen LogP contribution in [0.1, 0.15) is 37.2 Å². The van der Waals surface area contributed by atoms with Crippen molar-refractivity contribution in [1.82, 2.24) is 9.97 Å². The van der Waals surface area contributed by atoms with Gasteiger partial charge in [-0.1, -0.05) is 37.1 Å². The SMILES string of the molecule is c1ccc(Oc2ccc(Nc3c[nH]c4ccc(C5CCCC5)cc34)nc2)cc1. The Hall–Kier alpha value is -3.27. The number of aromatic nitrogens is 2. The lowest BCUT2D eigenvalue weighted by Gasteiger charge is -2.10. The standard InChI is InChI=1S/C24H23N3O/c1-2-8-19(9-3-1)28-20-11-13-24(26-15-20)27-23-16-25-22-12-10-18(14-21(22)23)17-6-4-5-7-17/h1-3,8-17,25H,4-7H2,(H,26,27). The van der Waals surface area contributed by atoms with Gasteiger partial charge < -0.3 is 15.0 Å². The van der Waals surface area contributed by atoms with Gasteiger partial charge in [0, 0.05) is 17.1 Å². The zero-order chi connectivity index (χ0) is 18.8. The Balaban J connectivity index is 1.35. The number of para-hydroxylation sites is 1. The number of hydrogen-bond donors (Lipinski definition) is 2. The second-order valence-electron chi connectivity index (χ2n) is 7.41. The Morgan fingerprint density at radius 3 is 2.57 bits per heavy atom. The summed E-state index contributed by atoms with van der Waals surface area (Å²) in [6.07, 6.45) is 9.07. The van der Waals surface area contributed by atoms with Crippen LogP contribution >= 0.6 is 0 Å². The maximum absolute atomic E-state index is 5.82. The minimum atomic E-state index is 0.708. The molecular weight excluding hydrogens is 346 g/mol. The van der Waals surface area contributed by atoms with E-state index in [0.29, 0.717) is 5.92 Å². The number of fused-ring (bicyclic) bond motifs is 1. The number of aromatic amines is 1. The van der Waals surface area contributed by atoms with Crippen LogP contribution in [0.5, 0.6) is 11.5 Å². The number of nitrogens with zero attached hydrogens (tertiary/aromatic N) is 1. The summed E-state index contributed by atoms with van der Waals surface area (Å²) in [4.78, 5) is 7.86. The molecule has 1 aliphatic carbocycles. The van der Waals surface area contributed by atoms with Gasteiger partial charge >= 0.3 is 0 Å². The first-order chi connectivity index (χ1) is 13.8. The first kappa shape index (κ1) is 16.9. The summed E-state index contributed by atoms with van der Waals surface area (Å²) in [5.41, 5.74) is 3.65. The summed E-state index contributed by atoms with van der Waals surface area (Å²) in [5.74, 6) is 3.03. The molecule has 5 rings (SSSR count). The molecule has 1 saturated carbocycles. The maximum Gasteiger partial charge on any atom is 0.145 e. The molecule has 140 valence electrons. The first-order valence-corrected chi connectivity index (χ1v) is 9.92. The molecule has 4 heteroatoms. The van der Waals surface area contributed by atoms with Gasteiger partial charge in [0.05, 0.1) is 11.9 Å². The average Bonchev–Trinajstić information content (AvgIpc) is 3.41. The lowest BCUT2D eigenvalue weighted by Crippen LogP contribution is -1.94. The van der Waals surface area contributed by atoms with E-state index in [4.69, 9.17) is 4.74 Å². The molecule has 0 bridgehead atoms. The minimum absolute atomic E-state index is 0.708. The molecule has 1 fully saturated rings. The second-order valence-corrected chi connectivity index (χ2v) is 7.41. The van der Waals surface area contributed by atoms with Crippen LogP contribution in [0.2, 0.25) is 0 Å². The molecular formula is C24H23N3O. The normalized spacial score (nSPS) is 14.4. The van der Waals surface area contributed by atoms with Crippen molar-refractivity contribution in [1.29, 1.82) is 0 Å². The molecule has 4 nitrogen and oxygen atoms in total. The Labute approximate surface area is 164 Å². The van der Waals surface area contributed by atoms with E-state index >= 15 is 0 Å². The van der Waals surface area contributed by atoms with Crippen molar-refractivity contribution >= 4 is 22.4 Å². The molecule has 2 N–H and O–H groups in total. The van der Waals surface area contributed by atoms with Crippen molar-refractivity contribution in [3.8, 4) is 11.5 Å². The molecule has 2 aromatic heterocycles. The number of benzene rings is 2. The maximum atomic E-state index is 5.82. The smallest absolute Gasteiger partial charge is 0.145 e. The van der Waals surface area contributed by atoms with E-state index in [1.165, 1.54) is 36.6 Å². The fraction of sp³-hybridized carbons (Fsp3) is 0.208. The molecule has 0 amide bonds. The van der Waals surface area contributed by atoms with E-state index < -0.39 is 0 Å². The van der Waals surface area contributed by atoms with Gasteiger partial charge in [-0.05, 0) is 60.7 Å². The van der Waals surface area contributed by atoms with Crippen LogP contribution in [0.4, 0.5) is 11.5 Å². The summed E-state index contributed by atoms with van der Waals surface area (Å²) in [5, 5.41) is 4.66. The van der Waals surface area contributed by atoms with Crippen molar-refractivity contribution in [2.24, 2.45) is 0 Å². The Morgan fingerprint density at radius 1 is 0.929 bits per heavy atom. The third-order valence-corrected chi connectivity index (χ3v) is 5.51. The highest BCUT2D eigenvalue weighted by Crippen LogP contribution is 2.37. The van der Waals surface area contributed by atoms with Gasteiger partial charge in [-0.2, -0.15) is 0 Å². The van der Waals surface area contributed by atoms with Gasteiger partial charge in [-0.15, -0.1) is 0 Å². The summed E-state index contributed by atoms with van der Waals surface area (Å²) >= 11 is 0. The highest BCUT2D eigenvalue weighted by molar-refractivity contribution is 5.94. The van der Waals surface area contributed by atoms with Crippen LogP contribution < -0.4 is 10.1 Å². The molecule has 4 aromatic rings. The van der Waals surface area contributed by atoms with Gasteiger partial charge in [-0.3, -0.25) is 0 Å². The summed E-state index contributed by atoms with van der Waals surface area (Å²) in [7, 11) is 0. The highest BCUT2D eigenvalue weighted by Gasteiger charge is 2.18. The summed E-state index contributed by atoms with van der Waals surface area (Å²) in [6.45, 7) is 0. The molecule has 0 atom stereocenters. The summed E-state index contributed by atoms with van der Waals surface area (Å²) < 4.78 is 5.82. The minimum Gasteiger partial charge on any atom is -0.456 e. The van der Waals surface area contributed by atoms with Crippen molar-refractivity contribution in [3.05, 3.63) is 78.6 Å². The third-order valence-electron chi connectivity index (χ3n) is 5.51. The zero-order valence-electron chi connectivity index (χ0n) is 15.7. The fourth-order valence-electron chi connectivity index (χ4n) is 4.03.